The van der Waals surface area contributed by atoms with E-state index in [9.17, 15) is 14.4 Å². The lowest BCUT2D eigenvalue weighted by molar-refractivity contribution is -0.116. The van der Waals surface area contributed by atoms with Crippen molar-refractivity contribution in [1.29, 1.82) is 0 Å². The second-order valence-electron chi connectivity index (χ2n) is 8.25. The van der Waals surface area contributed by atoms with Crippen LogP contribution in [0.4, 0.5) is 5.69 Å². The molecule has 0 unspecified atom stereocenters. The van der Waals surface area contributed by atoms with Gasteiger partial charge in [-0.3, -0.25) is 14.4 Å². The summed E-state index contributed by atoms with van der Waals surface area (Å²) in [7, 11) is 0. The van der Waals surface area contributed by atoms with Gasteiger partial charge in [0, 0.05) is 42.7 Å². The molecule has 1 saturated heterocycles. The summed E-state index contributed by atoms with van der Waals surface area (Å²) in [5.74, 6) is 0.187. The van der Waals surface area contributed by atoms with Crippen LogP contribution in [-0.2, 0) is 16.0 Å². The third kappa shape index (κ3) is 6.76. The number of amides is 2. The van der Waals surface area contributed by atoms with E-state index in [0.29, 0.717) is 49.0 Å². The molecule has 1 heterocycles. The Morgan fingerprint density at radius 2 is 1.68 bits per heavy atom. The maximum Gasteiger partial charge on any atom is 0.254 e. The number of nitrogens with zero attached hydrogens (tertiary/aromatic N) is 1. The maximum atomic E-state index is 12.6. The molecular formula is C25H30N2O4. The average Bonchev–Trinajstić information content (AvgIpc) is 2.78. The number of rotatable bonds is 8. The Balaban J connectivity index is 1.51. The van der Waals surface area contributed by atoms with Gasteiger partial charge in [0.05, 0.1) is 13.2 Å². The molecule has 1 fully saturated rings. The van der Waals surface area contributed by atoms with E-state index < -0.39 is 0 Å². The summed E-state index contributed by atoms with van der Waals surface area (Å²) in [6.45, 7) is 6.52. The van der Waals surface area contributed by atoms with Gasteiger partial charge in [-0.2, -0.15) is 0 Å². The molecule has 0 saturated carbocycles. The summed E-state index contributed by atoms with van der Waals surface area (Å²) in [5, 5.41) is 2.79. The van der Waals surface area contributed by atoms with Crippen molar-refractivity contribution in [3.05, 3.63) is 65.2 Å². The topological polar surface area (TPSA) is 75.7 Å². The molecule has 0 aliphatic carbocycles. The van der Waals surface area contributed by atoms with Crippen molar-refractivity contribution >= 4 is 23.3 Å². The van der Waals surface area contributed by atoms with Crippen LogP contribution in [0.2, 0.25) is 0 Å². The molecule has 0 atom stereocenters. The van der Waals surface area contributed by atoms with Crippen LogP contribution >= 0.6 is 0 Å². The normalized spacial score (nSPS) is 13.8. The summed E-state index contributed by atoms with van der Waals surface area (Å²) in [6, 6.07) is 14.5. The number of anilines is 1. The van der Waals surface area contributed by atoms with Crippen molar-refractivity contribution < 1.29 is 19.1 Å². The fourth-order valence-electron chi connectivity index (χ4n) is 3.57. The van der Waals surface area contributed by atoms with E-state index in [1.165, 1.54) is 5.56 Å². The SMILES string of the molecule is CC(C)Cc1ccc(C(=O)CCC(=O)Nc2cccc(C(=O)N3CCOCC3)c2)cc1. The van der Waals surface area contributed by atoms with E-state index in [0.717, 1.165) is 6.42 Å². The van der Waals surface area contributed by atoms with Gasteiger partial charge >= 0.3 is 0 Å². The van der Waals surface area contributed by atoms with Gasteiger partial charge in [-0.15, -0.1) is 0 Å². The van der Waals surface area contributed by atoms with E-state index in [-0.39, 0.29) is 30.4 Å². The van der Waals surface area contributed by atoms with Crippen LogP contribution in [0.5, 0.6) is 0 Å². The second kappa shape index (κ2) is 10.9. The van der Waals surface area contributed by atoms with Crippen molar-refractivity contribution in [2.75, 3.05) is 31.6 Å². The minimum Gasteiger partial charge on any atom is -0.378 e. The van der Waals surface area contributed by atoms with Crippen molar-refractivity contribution in [3.63, 3.8) is 0 Å². The van der Waals surface area contributed by atoms with E-state index in [1.54, 1.807) is 29.2 Å². The monoisotopic (exact) mass is 422 g/mol. The predicted octanol–water partition coefficient (Wildman–Crippen LogP) is 3.96. The number of morpholine rings is 1. The highest BCUT2D eigenvalue weighted by atomic mass is 16.5. The van der Waals surface area contributed by atoms with Crippen LogP contribution < -0.4 is 5.32 Å². The standard InChI is InChI=1S/C25H30N2O4/c1-18(2)16-19-6-8-20(9-7-19)23(28)10-11-24(29)26-22-5-3-4-21(17-22)25(30)27-12-14-31-15-13-27/h3-9,17-18H,10-16H2,1-2H3,(H,26,29). The summed E-state index contributed by atoms with van der Waals surface area (Å²) < 4.78 is 5.28. The fraction of sp³-hybridized carbons (Fsp3) is 0.400. The Morgan fingerprint density at radius 3 is 2.35 bits per heavy atom. The highest BCUT2D eigenvalue weighted by molar-refractivity contribution is 6.01. The molecule has 1 N–H and O–H groups in total. The fourth-order valence-corrected chi connectivity index (χ4v) is 3.57. The largest absolute Gasteiger partial charge is 0.378 e. The summed E-state index contributed by atoms with van der Waals surface area (Å²) >= 11 is 0. The van der Waals surface area contributed by atoms with Crippen LogP contribution in [0.15, 0.2) is 48.5 Å². The van der Waals surface area contributed by atoms with Crippen LogP contribution in [0.3, 0.4) is 0 Å². The first-order chi connectivity index (χ1) is 14.9. The number of ketones is 1. The molecule has 1 aliphatic rings. The van der Waals surface area contributed by atoms with E-state index in [2.05, 4.69) is 19.2 Å². The smallest absolute Gasteiger partial charge is 0.254 e. The van der Waals surface area contributed by atoms with Crippen molar-refractivity contribution in [2.45, 2.75) is 33.1 Å². The predicted molar refractivity (Wildman–Crippen MR) is 120 cm³/mol. The van der Waals surface area contributed by atoms with Crippen molar-refractivity contribution in [1.82, 2.24) is 4.90 Å². The minimum absolute atomic E-state index is 0.0532. The first-order valence-electron chi connectivity index (χ1n) is 10.8. The number of hydrogen-bond acceptors (Lipinski definition) is 4. The summed E-state index contributed by atoms with van der Waals surface area (Å²) in [4.78, 5) is 39.1. The zero-order valence-corrected chi connectivity index (χ0v) is 18.2. The highest BCUT2D eigenvalue weighted by Gasteiger charge is 2.19. The number of nitrogens with one attached hydrogen (secondary N) is 1. The molecule has 2 amide bonds. The lowest BCUT2D eigenvalue weighted by atomic mass is 9.99. The lowest BCUT2D eigenvalue weighted by Gasteiger charge is -2.27. The Kier molecular flexibility index (Phi) is 7.95. The molecule has 0 bridgehead atoms. The van der Waals surface area contributed by atoms with Crippen molar-refractivity contribution in [2.24, 2.45) is 5.92 Å². The zero-order chi connectivity index (χ0) is 22.2. The van der Waals surface area contributed by atoms with Gasteiger partial charge in [0.1, 0.15) is 0 Å². The van der Waals surface area contributed by atoms with Gasteiger partial charge in [-0.25, -0.2) is 0 Å². The first-order valence-corrected chi connectivity index (χ1v) is 10.8. The number of hydrogen-bond donors (Lipinski definition) is 1. The Labute approximate surface area is 183 Å². The van der Waals surface area contributed by atoms with E-state index in [1.807, 2.05) is 24.3 Å². The molecule has 31 heavy (non-hydrogen) atoms. The number of benzene rings is 2. The van der Waals surface area contributed by atoms with Gasteiger partial charge in [-0.05, 0) is 36.1 Å². The van der Waals surface area contributed by atoms with Gasteiger partial charge in [-0.1, -0.05) is 44.2 Å². The Morgan fingerprint density at radius 1 is 0.968 bits per heavy atom. The molecule has 6 nitrogen and oxygen atoms in total. The first kappa shape index (κ1) is 22.7. The molecule has 6 heteroatoms. The Hall–Kier alpha value is -2.99. The average molecular weight is 423 g/mol. The number of carbonyl (C=O) groups excluding carboxylic acids is 3. The van der Waals surface area contributed by atoms with Gasteiger partial charge < -0.3 is 15.0 Å². The third-order valence-electron chi connectivity index (χ3n) is 5.19. The minimum atomic E-state index is -0.249. The quantitative estimate of drug-likeness (QED) is 0.654. The van der Waals surface area contributed by atoms with Crippen molar-refractivity contribution in [3.8, 4) is 0 Å². The van der Waals surface area contributed by atoms with Crippen LogP contribution in [0, 0.1) is 5.92 Å². The van der Waals surface area contributed by atoms with Crippen LogP contribution in [0.25, 0.3) is 0 Å². The molecular weight excluding hydrogens is 392 g/mol. The van der Waals surface area contributed by atoms with E-state index in [4.69, 9.17) is 4.74 Å². The molecule has 164 valence electrons. The second-order valence-corrected chi connectivity index (χ2v) is 8.25. The molecule has 2 aromatic carbocycles. The molecule has 0 spiro atoms. The maximum absolute atomic E-state index is 12.6. The summed E-state index contributed by atoms with van der Waals surface area (Å²) in [6.07, 6.45) is 1.21. The molecule has 0 radical (unpaired) electrons. The molecule has 1 aliphatic heterocycles. The van der Waals surface area contributed by atoms with E-state index >= 15 is 0 Å². The van der Waals surface area contributed by atoms with Crippen LogP contribution in [0.1, 0.15) is 53.0 Å². The van der Waals surface area contributed by atoms with Crippen LogP contribution in [-0.4, -0.2) is 48.8 Å². The molecule has 3 rings (SSSR count). The molecule has 2 aromatic rings. The lowest BCUT2D eigenvalue weighted by Crippen LogP contribution is -2.40. The van der Waals surface area contributed by atoms with Gasteiger partial charge in [0.15, 0.2) is 5.78 Å². The number of Topliss-reactive ketones (excluding diaryl/α,β-unsaturated/α-hetero) is 1. The number of carbonyl (C=O) groups is 3. The Bertz CT molecular complexity index is 915. The number of ether oxygens (including phenoxy) is 1. The third-order valence-corrected chi connectivity index (χ3v) is 5.19. The van der Waals surface area contributed by atoms with Gasteiger partial charge in [0.2, 0.25) is 5.91 Å². The zero-order valence-electron chi connectivity index (χ0n) is 18.2. The van der Waals surface area contributed by atoms with Gasteiger partial charge in [0.25, 0.3) is 5.91 Å². The summed E-state index contributed by atoms with van der Waals surface area (Å²) in [5.41, 5.74) is 2.90. The molecule has 0 aromatic heterocycles. The highest BCUT2D eigenvalue weighted by Crippen LogP contribution is 2.16.